The number of carbonyl (C=O) groups is 2. The first-order valence-electron chi connectivity index (χ1n) is 9.98. The number of anilines is 2. The van der Waals surface area contributed by atoms with Crippen molar-refractivity contribution in [1.82, 2.24) is 9.55 Å². The number of imidazole rings is 1. The third kappa shape index (κ3) is 3.12. The van der Waals surface area contributed by atoms with Gasteiger partial charge in [-0.15, -0.1) is 0 Å². The summed E-state index contributed by atoms with van der Waals surface area (Å²) in [6.45, 7) is 2.52. The Kier molecular flexibility index (Phi) is 4.23. The van der Waals surface area contributed by atoms with Crippen LogP contribution in [0.3, 0.4) is 0 Å². The molecule has 1 aliphatic heterocycles. The zero-order chi connectivity index (χ0) is 20.0. The van der Waals surface area contributed by atoms with Gasteiger partial charge < -0.3 is 10.1 Å². The molecule has 7 nitrogen and oxygen atoms in total. The highest BCUT2D eigenvalue weighted by Crippen LogP contribution is 2.42. The number of nitrogens with zero attached hydrogens (tertiary/aromatic N) is 3. The smallest absolute Gasteiger partial charge is 0.253 e. The maximum Gasteiger partial charge on any atom is 0.253 e. The van der Waals surface area contributed by atoms with E-state index in [2.05, 4.69) is 10.3 Å². The SMILES string of the molecule is CCOc1ccc(NC(=O)C[C@H]2C(=O)N(C3CC3)c3nc4ccccc4n32)cc1. The van der Waals surface area contributed by atoms with E-state index in [0.717, 1.165) is 29.6 Å². The number of hydrogen-bond donors (Lipinski definition) is 1. The Hall–Kier alpha value is -3.35. The molecule has 2 aromatic carbocycles. The molecule has 7 heteroatoms. The van der Waals surface area contributed by atoms with Gasteiger partial charge in [-0.3, -0.25) is 19.1 Å². The normalized spacial score (nSPS) is 18.2. The molecule has 5 rings (SSSR count). The molecule has 1 saturated carbocycles. The van der Waals surface area contributed by atoms with Gasteiger partial charge in [-0.05, 0) is 56.2 Å². The Labute approximate surface area is 168 Å². The van der Waals surface area contributed by atoms with Crippen molar-refractivity contribution in [2.24, 2.45) is 0 Å². The minimum Gasteiger partial charge on any atom is -0.494 e. The lowest BCUT2D eigenvalue weighted by Gasteiger charge is -2.15. The highest BCUT2D eigenvalue weighted by atomic mass is 16.5. The highest BCUT2D eigenvalue weighted by Gasteiger charge is 2.47. The molecule has 1 aromatic heterocycles. The van der Waals surface area contributed by atoms with E-state index in [-0.39, 0.29) is 24.3 Å². The third-order valence-electron chi connectivity index (χ3n) is 5.37. The van der Waals surface area contributed by atoms with E-state index >= 15 is 0 Å². The van der Waals surface area contributed by atoms with Crippen LogP contribution in [0.5, 0.6) is 5.75 Å². The van der Waals surface area contributed by atoms with Crippen molar-refractivity contribution < 1.29 is 14.3 Å². The lowest BCUT2D eigenvalue weighted by molar-refractivity contribution is -0.124. The number of fused-ring (bicyclic) bond motifs is 3. The third-order valence-corrected chi connectivity index (χ3v) is 5.37. The van der Waals surface area contributed by atoms with E-state index < -0.39 is 6.04 Å². The van der Waals surface area contributed by atoms with Crippen molar-refractivity contribution in [2.75, 3.05) is 16.8 Å². The summed E-state index contributed by atoms with van der Waals surface area (Å²) in [7, 11) is 0. The van der Waals surface area contributed by atoms with Crippen LogP contribution in [0.25, 0.3) is 11.0 Å². The topological polar surface area (TPSA) is 76.5 Å². The fourth-order valence-electron chi connectivity index (χ4n) is 3.92. The van der Waals surface area contributed by atoms with Crippen molar-refractivity contribution in [2.45, 2.75) is 38.3 Å². The highest BCUT2D eigenvalue weighted by molar-refractivity contribution is 6.05. The molecule has 1 aliphatic carbocycles. The van der Waals surface area contributed by atoms with Crippen LogP contribution in [0, 0.1) is 0 Å². The van der Waals surface area contributed by atoms with Crippen LogP contribution in [-0.2, 0) is 9.59 Å². The van der Waals surface area contributed by atoms with Crippen molar-refractivity contribution >= 4 is 34.5 Å². The van der Waals surface area contributed by atoms with E-state index in [1.165, 1.54) is 0 Å². The molecule has 148 valence electrons. The molecule has 3 aromatic rings. The minimum absolute atomic E-state index is 0.0393. The second-order valence-electron chi connectivity index (χ2n) is 7.44. The first-order chi connectivity index (χ1) is 14.2. The fraction of sp³-hybridized carbons (Fsp3) is 0.318. The van der Waals surface area contributed by atoms with Gasteiger partial charge in [-0.25, -0.2) is 4.98 Å². The maximum atomic E-state index is 13.1. The molecule has 29 heavy (non-hydrogen) atoms. The molecule has 0 radical (unpaired) electrons. The number of nitrogens with one attached hydrogen (secondary N) is 1. The monoisotopic (exact) mass is 390 g/mol. The summed E-state index contributed by atoms with van der Waals surface area (Å²) < 4.78 is 7.35. The van der Waals surface area contributed by atoms with E-state index in [1.54, 1.807) is 17.0 Å². The summed E-state index contributed by atoms with van der Waals surface area (Å²) in [4.78, 5) is 32.3. The second kappa shape index (κ2) is 6.92. The van der Waals surface area contributed by atoms with Crippen molar-refractivity contribution in [1.29, 1.82) is 0 Å². The molecule has 1 atom stereocenters. The Morgan fingerprint density at radius 2 is 1.93 bits per heavy atom. The van der Waals surface area contributed by atoms with Gasteiger partial charge in [0.1, 0.15) is 11.8 Å². The summed E-state index contributed by atoms with van der Waals surface area (Å²) in [5.41, 5.74) is 2.41. The van der Waals surface area contributed by atoms with Crippen molar-refractivity contribution in [3.05, 3.63) is 48.5 Å². The van der Waals surface area contributed by atoms with Crippen LogP contribution in [0.4, 0.5) is 11.6 Å². The van der Waals surface area contributed by atoms with E-state index in [4.69, 9.17) is 4.74 Å². The lowest BCUT2D eigenvalue weighted by atomic mass is 10.1. The number of amides is 2. The molecular weight excluding hydrogens is 368 g/mol. The first kappa shape index (κ1) is 17.7. The Morgan fingerprint density at radius 3 is 2.66 bits per heavy atom. The van der Waals surface area contributed by atoms with Crippen LogP contribution < -0.4 is 15.0 Å². The Bertz CT molecular complexity index is 1090. The Balaban J connectivity index is 1.39. The fourth-order valence-corrected chi connectivity index (χ4v) is 3.92. The number of aromatic nitrogens is 2. The van der Waals surface area contributed by atoms with Crippen molar-refractivity contribution in [3.8, 4) is 5.75 Å². The minimum atomic E-state index is -0.569. The molecule has 0 bridgehead atoms. The number of benzene rings is 2. The Morgan fingerprint density at radius 1 is 1.17 bits per heavy atom. The van der Waals surface area contributed by atoms with Crippen LogP contribution in [0.15, 0.2) is 48.5 Å². The molecular formula is C22H22N4O3. The zero-order valence-electron chi connectivity index (χ0n) is 16.2. The van der Waals surface area contributed by atoms with E-state index in [0.29, 0.717) is 18.2 Å². The molecule has 2 amide bonds. The molecule has 2 aliphatic rings. The number of para-hydroxylation sites is 2. The number of carbonyl (C=O) groups excluding carboxylic acids is 2. The maximum absolute atomic E-state index is 13.1. The molecule has 1 N–H and O–H groups in total. The number of rotatable bonds is 6. The summed E-state index contributed by atoms with van der Waals surface area (Å²) >= 11 is 0. The van der Waals surface area contributed by atoms with Gasteiger partial charge in [-0.2, -0.15) is 0 Å². The summed E-state index contributed by atoms with van der Waals surface area (Å²) in [6.07, 6.45) is 2.04. The van der Waals surface area contributed by atoms with Crippen molar-refractivity contribution in [3.63, 3.8) is 0 Å². The molecule has 0 unspecified atom stereocenters. The number of ether oxygens (including phenoxy) is 1. The van der Waals surface area contributed by atoms with Gasteiger partial charge in [0.2, 0.25) is 11.9 Å². The van der Waals surface area contributed by atoms with Gasteiger partial charge in [0.15, 0.2) is 0 Å². The molecule has 0 spiro atoms. The van der Waals surface area contributed by atoms with Crippen LogP contribution in [0.2, 0.25) is 0 Å². The van der Waals surface area contributed by atoms with Crippen LogP contribution in [-0.4, -0.2) is 34.0 Å². The number of hydrogen-bond acceptors (Lipinski definition) is 4. The average molecular weight is 390 g/mol. The average Bonchev–Trinajstić information content (AvgIpc) is 3.42. The summed E-state index contributed by atoms with van der Waals surface area (Å²) in [5, 5.41) is 2.89. The van der Waals surface area contributed by atoms with Gasteiger partial charge >= 0.3 is 0 Å². The second-order valence-corrected chi connectivity index (χ2v) is 7.44. The first-order valence-corrected chi connectivity index (χ1v) is 9.98. The van der Waals surface area contributed by atoms with Gasteiger partial charge in [0.25, 0.3) is 5.91 Å². The largest absolute Gasteiger partial charge is 0.494 e. The van der Waals surface area contributed by atoms with E-state index in [9.17, 15) is 9.59 Å². The summed E-state index contributed by atoms with van der Waals surface area (Å²) in [6, 6.07) is 14.6. The van der Waals surface area contributed by atoms with Gasteiger partial charge in [0, 0.05) is 11.7 Å². The van der Waals surface area contributed by atoms with Gasteiger partial charge in [0.05, 0.1) is 24.1 Å². The zero-order valence-corrected chi connectivity index (χ0v) is 16.2. The van der Waals surface area contributed by atoms with Gasteiger partial charge in [-0.1, -0.05) is 12.1 Å². The standard InChI is InChI=1S/C22H22N4O3/c1-2-29-16-11-7-14(8-12-16)23-20(27)13-19-21(28)25(15-9-10-15)22-24-17-5-3-4-6-18(17)26(19)22/h3-8,11-12,15,19H,2,9-10,13H2,1H3,(H,23,27)/t19-/m0/s1. The summed E-state index contributed by atoms with van der Waals surface area (Å²) in [5.74, 6) is 1.18. The molecule has 1 fully saturated rings. The predicted octanol–water partition coefficient (Wildman–Crippen LogP) is 3.51. The molecule has 0 saturated heterocycles. The predicted molar refractivity (Wildman–Crippen MR) is 110 cm³/mol. The van der Waals surface area contributed by atoms with Crippen LogP contribution >= 0.6 is 0 Å². The lowest BCUT2D eigenvalue weighted by Crippen LogP contribution is -2.33. The van der Waals surface area contributed by atoms with Crippen LogP contribution in [0.1, 0.15) is 32.2 Å². The van der Waals surface area contributed by atoms with E-state index in [1.807, 2.05) is 47.9 Å². The molecule has 2 heterocycles. The quantitative estimate of drug-likeness (QED) is 0.699.